The second kappa shape index (κ2) is 9.21. The minimum Gasteiger partial charge on any atom is -0.489 e. The lowest BCUT2D eigenvalue weighted by Crippen LogP contribution is -2.01. The van der Waals surface area contributed by atoms with Crippen molar-refractivity contribution >= 4 is 36.5 Å². The van der Waals surface area contributed by atoms with Gasteiger partial charge in [0.2, 0.25) is 0 Å². The first kappa shape index (κ1) is 21.5. The third-order valence-corrected chi connectivity index (χ3v) is 5.79. The van der Waals surface area contributed by atoms with Crippen LogP contribution in [-0.2, 0) is 6.61 Å². The first-order valence-corrected chi connectivity index (χ1v) is 10.9. The number of nitrogens with zero attached hydrogens (tertiary/aromatic N) is 1. The van der Waals surface area contributed by atoms with E-state index in [9.17, 15) is 0 Å². The van der Waals surface area contributed by atoms with Crippen LogP contribution in [0.1, 0.15) is 31.1 Å². The maximum atomic E-state index is 6.42. The molecule has 0 saturated carbocycles. The average Bonchev–Trinajstić information content (AvgIpc) is 3.17. The number of halogens is 2. The minimum atomic E-state index is 0.144. The molecule has 156 valence electrons. The van der Waals surface area contributed by atoms with Crippen LogP contribution in [0.25, 0.3) is 22.4 Å². The molecule has 0 saturated heterocycles. The molecular weight excluding hydrogens is 428 g/mol. The molecule has 0 amide bonds. The monoisotopic (exact) mass is 449 g/mol. The van der Waals surface area contributed by atoms with Crippen LogP contribution in [0.2, 0.25) is 10.0 Å². The van der Waals surface area contributed by atoms with E-state index in [1.54, 1.807) is 12.1 Å². The lowest BCUT2D eigenvalue weighted by molar-refractivity contribution is 0.298. The molecule has 4 aromatic rings. The number of rotatable bonds is 6. The van der Waals surface area contributed by atoms with Gasteiger partial charge in [-0.1, -0.05) is 90.1 Å². The maximum Gasteiger partial charge on any atom is 0.146 e. The molecule has 0 spiro atoms. The summed E-state index contributed by atoms with van der Waals surface area (Å²) >= 11 is 12.8. The molecular formula is C25H22BCl2NO2. The van der Waals surface area contributed by atoms with Crippen LogP contribution in [-0.4, -0.2) is 13.0 Å². The molecule has 3 nitrogen and oxygen atoms in total. The van der Waals surface area contributed by atoms with Gasteiger partial charge in [-0.3, -0.25) is 0 Å². The van der Waals surface area contributed by atoms with Crippen molar-refractivity contribution < 1.29 is 9.26 Å². The lowest BCUT2D eigenvalue weighted by Gasteiger charge is -2.11. The number of benzene rings is 3. The van der Waals surface area contributed by atoms with E-state index < -0.39 is 0 Å². The Balaban J connectivity index is 1.59. The molecule has 0 aliphatic rings. The van der Waals surface area contributed by atoms with Gasteiger partial charge in [0, 0.05) is 11.5 Å². The Hall–Kier alpha value is -2.69. The fourth-order valence-electron chi connectivity index (χ4n) is 3.48. The summed E-state index contributed by atoms with van der Waals surface area (Å²) in [6, 6.07) is 21.9. The second-order valence-corrected chi connectivity index (χ2v) is 8.62. The third kappa shape index (κ3) is 4.66. The van der Waals surface area contributed by atoms with Crippen LogP contribution in [0.3, 0.4) is 0 Å². The molecule has 0 fully saturated rings. The summed E-state index contributed by atoms with van der Waals surface area (Å²) < 4.78 is 11.8. The van der Waals surface area contributed by atoms with Crippen LogP contribution in [0.5, 0.6) is 5.75 Å². The summed E-state index contributed by atoms with van der Waals surface area (Å²) in [5.74, 6) is 1.68. The van der Waals surface area contributed by atoms with Gasteiger partial charge in [-0.25, -0.2) is 0 Å². The first-order chi connectivity index (χ1) is 14.9. The van der Waals surface area contributed by atoms with E-state index in [1.807, 2.05) is 18.2 Å². The molecule has 0 N–H and O–H groups in total. The molecule has 1 aromatic heterocycles. The van der Waals surface area contributed by atoms with E-state index in [-0.39, 0.29) is 5.92 Å². The Morgan fingerprint density at radius 2 is 1.48 bits per heavy atom. The summed E-state index contributed by atoms with van der Waals surface area (Å²) in [6.07, 6.45) is 0. The summed E-state index contributed by atoms with van der Waals surface area (Å²) in [6.45, 7) is 4.41. The van der Waals surface area contributed by atoms with Gasteiger partial charge < -0.3 is 9.26 Å². The van der Waals surface area contributed by atoms with Crippen LogP contribution in [0, 0.1) is 0 Å². The fraction of sp³-hybridized carbons (Fsp3) is 0.160. The first-order valence-electron chi connectivity index (χ1n) is 10.2. The fourth-order valence-corrected chi connectivity index (χ4v) is 4.06. The Morgan fingerprint density at radius 1 is 0.903 bits per heavy atom. The molecule has 0 unspecified atom stereocenters. The van der Waals surface area contributed by atoms with Crippen LogP contribution in [0.4, 0.5) is 0 Å². The lowest BCUT2D eigenvalue weighted by atomic mass is 9.94. The third-order valence-electron chi connectivity index (χ3n) is 5.16. The Kier molecular flexibility index (Phi) is 6.40. The van der Waals surface area contributed by atoms with Crippen molar-refractivity contribution in [3.63, 3.8) is 0 Å². The molecule has 6 heteroatoms. The van der Waals surface area contributed by atoms with Gasteiger partial charge in [0.15, 0.2) is 0 Å². The molecule has 0 bridgehead atoms. The van der Waals surface area contributed by atoms with E-state index in [0.717, 1.165) is 22.6 Å². The average molecular weight is 450 g/mol. The Labute approximate surface area is 193 Å². The number of hydrogen-bond acceptors (Lipinski definition) is 3. The molecule has 0 aliphatic heterocycles. The van der Waals surface area contributed by atoms with Crippen molar-refractivity contribution in [3.8, 4) is 28.1 Å². The predicted molar refractivity (Wildman–Crippen MR) is 130 cm³/mol. The smallest absolute Gasteiger partial charge is 0.146 e. The van der Waals surface area contributed by atoms with E-state index in [1.165, 1.54) is 11.0 Å². The summed E-state index contributed by atoms with van der Waals surface area (Å²) in [5.41, 5.74) is 5.70. The zero-order chi connectivity index (χ0) is 22.0. The standard InChI is InChI=1S/C25H22BCl2NO2/c1-15(2)25-20(24(29-31-25)23-21(27)4-3-5-22(23)28)14-30-19-12-8-17(9-13-19)16-6-10-18(26)11-7-16/h3-13,15H,14,26H2,1-2H3. The summed E-state index contributed by atoms with van der Waals surface area (Å²) in [7, 11) is 2.08. The van der Waals surface area contributed by atoms with E-state index in [4.69, 9.17) is 32.5 Å². The van der Waals surface area contributed by atoms with Gasteiger partial charge in [0.05, 0.1) is 15.6 Å². The molecule has 0 radical (unpaired) electrons. The zero-order valence-electron chi connectivity index (χ0n) is 17.7. The van der Waals surface area contributed by atoms with Crippen molar-refractivity contribution in [1.29, 1.82) is 0 Å². The zero-order valence-corrected chi connectivity index (χ0v) is 19.2. The second-order valence-electron chi connectivity index (χ2n) is 7.80. The number of hydrogen-bond donors (Lipinski definition) is 0. The van der Waals surface area contributed by atoms with E-state index in [2.05, 4.69) is 63.2 Å². The quantitative estimate of drug-likeness (QED) is 0.325. The van der Waals surface area contributed by atoms with Gasteiger partial charge in [-0.2, -0.15) is 0 Å². The molecule has 4 rings (SSSR count). The van der Waals surface area contributed by atoms with Gasteiger partial charge in [0.1, 0.15) is 31.7 Å². The van der Waals surface area contributed by atoms with Crippen LogP contribution < -0.4 is 10.2 Å². The predicted octanol–water partition coefficient (Wildman–Crippen LogP) is 6.28. The van der Waals surface area contributed by atoms with Gasteiger partial charge in [0.25, 0.3) is 0 Å². The van der Waals surface area contributed by atoms with Gasteiger partial charge in [-0.05, 0) is 35.4 Å². The highest BCUT2D eigenvalue weighted by atomic mass is 35.5. The SMILES string of the molecule is Bc1ccc(-c2ccc(OCc3c(-c4c(Cl)cccc4Cl)noc3C(C)C)cc2)cc1. The molecule has 3 aromatic carbocycles. The number of ether oxygens (including phenoxy) is 1. The Morgan fingerprint density at radius 3 is 2.06 bits per heavy atom. The van der Waals surface area contributed by atoms with Crippen LogP contribution >= 0.6 is 23.2 Å². The number of aromatic nitrogens is 1. The van der Waals surface area contributed by atoms with Crippen LogP contribution in [0.15, 0.2) is 71.3 Å². The van der Waals surface area contributed by atoms with Crippen molar-refractivity contribution in [2.45, 2.75) is 26.4 Å². The van der Waals surface area contributed by atoms with Gasteiger partial charge in [-0.15, -0.1) is 0 Å². The van der Waals surface area contributed by atoms with Crippen molar-refractivity contribution in [2.75, 3.05) is 0 Å². The maximum absolute atomic E-state index is 6.42. The normalized spacial score (nSPS) is 11.1. The highest BCUT2D eigenvalue weighted by Crippen LogP contribution is 2.38. The topological polar surface area (TPSA) is 35.3 Å². The highest BCUT2D eigenvalue weighted by Gasteiger charge is 2.23. The Bertz CT molecular complexity index is 1170. The molecule has 1 heterocycles. The van der Waals surface area contributed by atoms with E-state index in [0.29, 0.717) is 27.9 Å². The van der Waals surface area contributed by atoms with Crippen molar-refractivity contribution in [1.82, 2.24) is 5.16 Å². The largest absolute Gasteiger partial charge is 0.489 e. The minimum absolute atomic E-state index is 0.144. The summed E-state index contributed by atoms with van der Waals surface area (Å²) in [5, 5.41) is 5.33. The van der Waals surface area contributed by atoms with Gasteiger partial charge >= 0.3 is 0 Å². The van der Waals surface area contributed by atoms with E-state index >= 15 is 0 Å². The highest BCUT2D eigenvalue weighted by molar-refractivity contribution is 6.39. The molecule has 31 heavy (non-hydrogen) atoms. The summed E-state index contributed by atoms with van der Waals surface area (Å²) in [4.78, 5) is 0. The molecule has 0 aliphatic carbocycles. The molecule has 0 atom stereocenters. The van der Waals surface area contributed by atoms with Crippen molar-refractivity contribution in [2.24, 2.45) is 0 Å². The van der Waals surface area contributed by atoms with Crippen molar-refractivity contribution in [3.05, 3.63) is 88.1 Å².